The Kier molecular flexibility index (Phi) is 24.4. The van der Waals surface area contributed by atoms with E-state index in [9.17, 15) is 24.9 Å². The van der Waals surface area contributed by atoms with Crippen LogP contribution in [0.3, 0.4) is 0 Å². The second-order valence-electron chi connectivity index (χ2n) is 24.5. The van der Waals surface area contributed by atoms with Crippen LogP contribution in [0.1, 0.15) is 226 Å². The Morgan fingerprint density at radius 2 is 0.951 bits per heavy atom. The number of carbonyl (C=O) groups is 2. The summed E-state index contributed by atoms with van der Waals surface area (Å²) >= 11 is 0. The zero-order chi connectivity index (χ0) is 57.8. The zero-order valence-electron chi connectivity index (χ0n) is 50.8. The van der Waals surface area contributed by atoms with Crippen LogP contribution in [0.25, 0.3) is 0 Å². The summed E-state index contributed by atoms with van der Waals surface area (Å²) in [6, 6.07) is 17.8. The van der Waals surface area contributed by atoms with E-state index in [1.54, 1.807) is 14.2 Å². The molecule has 4 aromatic rings. The number of carboxylic acid groups (broad SMARTS) is 2. The van der Waals surface area contributed by atoms with Gasteiger partial charge in [-0.25, -0.2) is 9.59 Å². The van der Waals surface area contributed by atoms with Gasteiger partial charge in [-0.05, 0) is 77.6 Å². The van der Waals surface area contributed by atoms with E-state index in [0.717, 1.165) is 78.3 Å². The van der Waals surface area contributed by atoms with Crippen molar-refractivity contribution in [3.05, 3.63) is 94.0 Å². The monoisotopic (exact) mass is 1120 g/mol. The molecule has 0 aliphatic carbocycles. The SMILES string of the molecule is CCCCCCCCCCCCCCC(C(=O)O)[N+]1(C)CCc2cc(OC)c3cc2C1Cc1ccc(cc1)Oc1cc(ccc1OC)CC1c2c(cc(OC)c(O)c2O3)CC[N+]1(C)C(CCCCCCCCCCCCCC)C(=O)O. The quantitative estimate of drug-likeness (QED) is 0.0312. The van der Waals surface area contributed by atoms with Crippen LogP contribution in [0, 0.1) is 0 Å². The van der Waals surface area contributed by atoms with Crippen molar-refractivity contribution in [3.63, 3.8) is 0 Å². The number of ether oxygens (including phenoxy) is 5. The molecule has 0 amide bonds. The lowest BCUT2D eigenvalue weighted by molar-refractivity contribution is -0.956. The average molecular weight is 1120 g/mol. The number of hydrogen-bond donors (Lipinski definition) is 3. The summed E-state index contributed by atoms with van der Waals surface area (Å²) in [4.78, 5) is 27.6. The van der Waals surface area contributed by atoms with Crippen molar-refractivity contribution in [2.45, 2.75) is 231 Å². The molecule has 4 aliphatic rings. The first kappa shape index (κ1) is 63.1. The highest BCUT2D eigenvalue weighted by Crippen LogP contribution is 2.54. The zero-order valence-corrected chi connectivity index (χ0v) is 50.8. The molecule has 6 unspecified atom stereocenters. The lowest BCUT2D eigenvalue weighted by Crippen LogP contribution is -2.61. The third kappa shape index (κ3) is 16.2. The van der Waals surface area contributed by atoms with Crippen molar-refractivity contribution in [2.24, 2.45) is 0 Å². The first-order chi connectivity index (χ1) is 39.3. The normalized spacial score (nSPS) is 20.0. The van der Waals surface area contributed by atoms with Crippen LogP contribution in [-0.4, -0.2) is 96.8 Å². The summed E-state index contributed by atoms with van der Waals surface area (Å²) in [7, 11) is 8.99. The van der Waals surface area contributed by atoms with E-state index in [-0.39, 0.29) is 27.8 Å². The molecule has 81 heavy (non-hydrogen) atoms. The minimum atomic E-state index is -0.840. The largest absolute Gasteiger partial charge is 0.502 e. The number of methoxy groups -OCH3 is 3. The van der Waals surface area contributed by atoms with E-state index < -0.39 is 30.1 Å². The lowest BCUT2D eigenvalue weighted by atomic mass is 9.83. The van der Waals surface area contributed by atoms with E-state index in [1.807, 2.05) is 48.5 Å². The molecule has 3 N–H and O–H groups in total. The summed E-state index contributed by atoms with van der Waals surface area (Å²) in [5.74, 6) is 1.24. The minimum absolute atomic E-state index is 0.180. The Balaban J connectivity index is 1.25. The van der Waals surface area contributed by atoms with Crippen LogP contribution in [0.2, 0.25) is 0 Å². The summed E-state index contributed by atoms with van der Waals surface area (Å²) in [6.45, 7) is 5.68. The summed E-state index contributed by atoms with van der Waals surface area (Å²) < 4.78 is 32.4. The van der Waals surface area contributed by atoms with Crippen LogP contribution < -0.4 is 23.7 Å². The fourth-order valence-electron chi connectivity index (χ4n) is 13.9. The van der Waals surface area contributed by atoms with Gasteiger partial charge in [-0.1, -0.05) is 173 Å². The molecule has 0 saturated carbocycles. The maximum Gasteiger partial charge on any atom is 0.362 e. The molecule has 12 nitrogen and oxygen atoms in total. The number of unbranched alkanes of at least 4 members (excludes halogenated alkanes) is 22. The molecule has 4 aromatic carbocycles. The second-order valence-corrected chi connectivity index (χ2v) is 24.5. The molecule has 4 aliphatic heterocycles. The van der Waals surface area contributed by atoms with E-state index in [1.165, 1.54) is 116 Å². The highest BCUT2D eigenvalue weighted by molar-refractivity contribution is 5.73. The van der Waals surface area contributed by atoms with Gasteiger partial charge in [0.05, 0.1) is 54.1 Å². The standard InChI is InChI=1S/C69H100N2O10/c1-8-10-12-14-16-18-20-22-24-26-28-30-32-56(68(73)74)70(3)42-40-52-47-61(78-6)63-49-55(52)58(70)44-50-34-37-54(38-35-50)80-62-46-51(36-39-60(62)77-5)45-59-65-53(48-64(79-7)66(72)67(65)81-63)41-43-71(59,4)57(69(75)76)33-31-29-27-25-23-21-19-17-15-13-11-9-2/h34-39,46-49,56-59H,8-33,40-45H2,1-7H3,(H-2,72,73,74,75,76)/p+2. The number of hydrogen-bond acceptors (Lipinski definition) is 8. The molecule has 0 radical (unpaired) electrons. The van der Waals surface area contributed by atoms with Gasteiger partial charge in [-0.15, -0.1) is 0 Å². The minimum Gasteiger partial charge on any atom is -0.502 e. The highest BCUT2D eigenvalue weighted by Gasteiger charge is 2.51. The van der Waals surface area contributed by atoms with E-state index >= 15 is 0 Å². The molecule has 8 rings (SSSR count). The third-order valence-corrected chi connectivity index (χ3v) is 18.9. The Morgan fingerprint density at radius 1 is 0.519 bits per heavy atom. The molecule has 12 heteroatoms. The summed E-state index contributed by atoms with van der Waals surface area (Å²) in [6.07, 6.45) is 32.1. The summed E-state index contributed by atoms with van der Waals surface area (Å²) in [5.41, 5.74) is 5.62. The fourth-order valence-corrected chi connectivity index (χ4v) is 13.9. The molecule has 0 saturated heterocycles. The predicted molar refractivity (Wildman–Crippen MR) is 324 cm³/mol. The predicted octanol–water partition coefficient (Wildman–Crippen LogP) is 17.0. The van der Waals surface area contributed by atoms with Crippen molar-refractivity contribution in [1.82, 2.24) is 0 Å². The lowest BCUT2D eigenvalue weighted by Gasteiger charge is -2.49. The molecule has 4 heterocycles. The van der Waals surface area contributed by atoms with Crippen molar-refractivity contribution in [3.8, 4) is 46.0 Å². The van der Waals surface area contributed by atoms with Crippen molar-refractivity contribution >= 4 is 11.9 Å². The number of phenolic OH excluding ortho intramolecular Hbond substituents is 1. The Bertz CT molecular complexity index is 2620. The van der Waals surface area contributed by atoms with Gasteiger partial charge >= 0.3 is 11.9 Å². The summed E-state index contributed by atoms with van der Waals surface area (Å²) in [5, 5.41) is 35.1. The van der Waals surface area contributed by atoms with Gasteiger partial charge in [0.2, 0.25) is 5.75 Å². The molecule has 6 atom stereocenters. The number of likely N-dealkylation sites (N-methyl/N-ethyl adjacent to an activating group) is 2. The maximum atomic E-state index is 13.9. The third-order valence-electron chi connectivity index (χ3n) is 18.9. The molecule has 446 valence electrons. The molecular formula is C69H102N2O10+2. The second kappa shape index (κ2) is 31.3. The topological polar surface area (TPSA) is 141 Å². The molecule has 6 bridgehead atoms. The van der Waals surface area contributed by atoms with Crippen molar-refractivity contribution < 1.29 is 57.6 Å². The maximum absolute atomic E-state index is 13.9. The van der Waals surface area contributed by atoms with E-state index in [2.05, 4.69) is 40.1 Å². The molecule has 0 aromatic heterocycles. The number of rotatable bonds is 33. The molecular weight excluding hydrogens is 1020 g/mol. The average Bonchev–Trinajstić information content (AvgIpc) is 3.65. The smallest absolute Gasteiger partial charge is 0.362 e. The highest BCUT2D eigenvalue weighted by atomic mass is 16.5. The van der Waals surface area contributed by atoms with Gasteiger partial charge in [0.15, 0.2) is 46.6 Å². The number of nitrogens with zero attached hydrogens (tertiary/aromatic N) is 2. The van der Waals surface area contributed by atoms with Crippen LogP contribution in [0.4, 0.5) is 0 Å². The first-order valence-electron chi connectivity index (χ1n) is 31.7. The molecule has 0 fully saturated rings. The number of carboxylic acids is 2. The van der Waals surface area contributed by atoms with Gasteiger partial charge < -0.3 is 48.0 Å². The Labute approximate surface area is 486 Å². The van der Waals surface area contributed by atoms with Gasteiger partial charge in [-0.3, -0.25) is 0 Å². The van der Waals surface area contributed by atoms with Gasteiger partial charge in [-0.2, -0.15) is 0 Å². The van der Waals surface area contributed by atoms with Gasteiger partial charge in [0.25, 0.3) is 0 Å². The Morgan fingerprint density at radius 3 is 1.44 bits per heavy atom. The fraction of sp³-hybridized carbons (Fsp3) is 0.623. The van der Waals surface area contributed by atoms with Crippen LogP contribution in [0.5, 0.6) is 46.0 Å². The first-order valence-corrected chi connectivity index (χ1v) is 31.7. The van der Waals surface area contributed by atoms with Crippen LogP contribution >= 0.6 is 0 Å². The Hall–Kier alpha value is -5.46. The number of fused-ring (bicyclic) bond motifs is 2. The number of benzene rings is 4. The van der Waals surface area contributed by atoms with Crippen LogP contribution in [0.15, 0.2) is 60.7 Å². The number of quaternary nitrogens is 2. The van der Waals surface area contributed by atoms with Crippen LogP contribution in [-0.2, 0) is 35.3 Å². The van der Waals surface area contributed by atoms with Crippen molar-refractivity contribution in [1.29, 1.82) is 0 Å². The molecule has 0 spiro atoms. The number of phenols is 1. The van der Waals surface area contributed by atoms with Gasteiger partial charge in [0, 0.05) is 44.1 Å². The van der Waals surface area contributed by atoms with Gasteiger partial charge in [0.1, 0.15) is 17.8 Å². The van der Waals surface area contributed by atoms with Crippen molar-refractivity contribution in [2.75, 3.05) is 48.5 Å². The van der Waals surface area contributed by atoms with E-state index in [4.69, 9.17) is 23.7 Å². The van der Waals surface area contributed by atoms with E-state index in [0.29, 0.717) is 84.8 Å². The number of aromatic hydroxyl groups is 1. The number of aliphatic carboxylic acids is 2.